The second kappa shape index (κ2) is 5.22. The molecular weight excluding hydrogens is 240 g/mol. The molecule has 0 aliphatic carbocycles. The number of hydrogen-bond acceptors (Lipinski definition) is 3. The van der Waals surface area contributed by atoms with Crippen molar-refractivity contribution in [1.82, 2.24) is 0 Å². The minimum absolute atomic E-state index is 0.0269. The van der Waals surface area contributed by atoms with E-state index in [2.05, 4.69) is 32.0 Å². The smallest absolute Gasteiger partial charge is 0.200 e. The van der Waals surface area contributed by atoms with Crippen molar-refractivity contribution in [1.29, 1.82) is 0 Å². The number of rotatable bonds is 3. The summed E-state index contributed by atoms with van der Waals surface area (Å²) >= 11 is 0. The van der Waals surface area contributed by atoms with Crippen LogP contribution in [-0.4, -0.2) is 19.3 Å². The van der Waals surface area contributed by atoms with Gasteiger partial charge in [-0.2, -0.15) is 0 Å². The molecule has 2 aromatic carbocycles. The number of aryl methyl sites for hydroxylation is 2. The van der Waals surface area contributed by atoms with Crippen molar-refractivity contribution in [3.05, 3.63) is 41.5 Å². The average molecular weight is 258 g/mol. The molecule has 0 fully saturated rings. The van der Waals surface area contributed by atoms with Gasteiger partial charge in [0, 0.05) is 0 Å². The van der Waals surface area contributed by atoms with Crippen LogP contribution in [0.15, 0.2) is 30.3 Å². The Balaban J connectivity index is 2.65. The fraction of sp³-hybridized carbons (Fsp3) is 0.250. The van der Waals surface area contributed by atoms with Crippen molar-refractivity contribution in [2.24, 2.45) is 0 Å². The van der Waals surface area contributed by atoms with Gasteiger partial charge in [0.25, 0.3) is 0 Å². The van der Waals surface area contributed by atoms with Crippen LogP contribution >= 0.6 is 0 Å². The Bertz CT molecular complexity index is 578. The van der Waals surface area contributed by atoms with E-state index >= 15 is 0 Å². The van der Waals surface area contributed by atoms with Gasteiger partial charge in [-0.3, -0.25) is 0 Å². The van der Waals surface area contributed by atoms with Crippen LogP contribution in [0.3, 0.4) is 0 Å². The summed E-state index contributed by atoms with van der Waals surface area (Å²) in [5.41, 5.74) is 4.43. The third-order valence-corrected chi connectivity index (χ3v) is 3.18. The lowest BCUT2D eigenvalue weighted by atomic mass is 9.98. The van der Waals surface area contributed by atoms with Crippen molar-refractivity contribution in [3.63, 3.8) is 0 Å². The van der Waals surface area contributed by atoms with Crippen molar-refractivity contribution < 1.29 is 14.6 Å². The maximum atomic E-state index is 9.93. The van der Waals surface area contributed by atoms with E-state index in [1.165, 1.54) is 25.3 Å². The van der Waals surface area contributed by atoms with Gasteiger partial charge in [0.1, 0.15) is 0 Å². The Morgan fingerprint density at radius 3 is 2.00 bits per heavy atom. The predicted octanol–water partition coefficient (Wildman–Crippen LogP) is 3.69. The number of benzene rings is 2. The Morgan fingerprint density at radius 2 is 1.47 bits per heavy atom. The van der Waals surface area contributed by atoms with Crippen molar-refractivity contribution in [2.75, 3.05) is 14.2 Å². The molecule has 0 aliphatic heterocycles. The van der Waals surface area contributed by atoms with E-state index in [0.29, 0.717) is 11.5 Å². The van der Waals surface area contributed by atoms with E-state index in [0.717, 1.165) is 11.1 Å². The lowest BCUT2D eigenvalue weighted by Crippen LogP contribution is -1.92. The van der Waals surface area contributed by atoms with E-state index in [1.54, 1.807) is 0 Å². The molecule has 100 valence electrons. The highest BCUT2D eigenvalue weighted by Crippen LogP contribution is 2.41. The molecule has 3 heteroatoms. The topological polar surface area (TPSA) is 38.7 Å². The summed E-state index contributed by atoms with van der Waals surface area (Å²) in [7, 11) is 3.06. The van der Waals surface area contributed by atoms with Crippen LogP contribution in [0.2, 0.25) is 0 Å². The zero-order valence-electron chi connectivity index (χ0n) is 11.7. The first-order chi connectivity index (χ1) is 9.06. The molecule has 19 heavy (non-hydrogen) atoms. The Morgan fingerprint density at radius 1 is 0.895 bits per heavy atom. The van der Waals surface area contributed by atoms with Gasteiger partial charge < -0.3 is 14.6 Å². The lowest BCUT2D eigenvalue weighted by molar-refractivity contribution is 0.340. The molecule has 0 spiro atoms. The van der Waals surface area contributed by atoms with E-state index in [9.17, 15) is 5.11 Å². The van der Waals surface area contributed by atoms with Gasteiger partial charge in [-0.15, -0.1) is 0 Å². The number of methoxy groups -OCH3 is 2. The molecule has 3 nitrogen and oxygen atoms in total. The van der Waals surface area contributed by atoms with Gasteiger partial charge in [0.2, 0.25) is 5.75 Å². The van der Waals surface area contributed by atoms with Gasteiger partial charge in [0.05, 0.1) is 14.2 Å². The molecule has 2 rings (SSSR count). The Labute approximate surface area is 113 Å². The fourth-order valence-corrected chi connectivity index (χ4v) is 2.10. The Kier molecular flexibility index (Phi) is 3.65. The number of hydrogen-bond donors (Lipinski definition) is 1. The van der Waals surface area contributed by atoms with Gasteiger partial charge in [-0.05, 0) is 42.7 Å². The lowest BCUT2D eigenvalue weighted by Gasteiger charge is -2.13. The van der Waals surface area contributed by atoms with Crippen molar-refractivity contribution in [2.45, 2.75) is 13.8 Å². The highest BCUT2D eigenvalue weighted by Gasteiger charge is 2.13. The first-order valence-electron chi connectivity index (χ1n) is 6.09. The average Bonchev–Trinajstić information content (AvgIpc) is 2.42. The molecular formula is C16H18O3. The zero-order valence-corrected chi connectivity index (χ0v) is 11.7. The quantitative estimate of drug-likeness (QED) is 0.912. The van der Waals surface area contributed by atoms with E-state index in [1.807, 2.05) is 12.1 Å². The molecule has 0 unspecified atom stereocenters. The number of ether oxygens (including phenoxy) is 2. The van der Waals surface area contributed by atoms with E-state index in [-0.39, 0.29) is 5.75 Å². The van der Waals surface area contributed by atoms with Crippen LogP contribution < -0.4 is 9.47 Å². The minimum atomic E-state index is 0.0269. The van der Waals surface area contributed by atoms with Crippen LogP contribution in [0.1, 0.15) is 11.1 Å². The summed E-state index contributed by atoms with van der Waals surface area (Å²) in [6, 6.07) is 9.91. The molecule has 0 saturated heterocycles. The van der Waals surface area contributed by atoms with Crippen molar-refractivity contribution >= 4 is 0 Å². The molecule has 0 aromatic heterocycles. The van der Waals surface area contributed by atoms with Gasteiger partial charge in [0.15, 0.2) is 11.5 Å². The summed E-state index contributed by atoms with van der Waals surface area (Å²) in [6.07, 6.45) is 0. The van der Waals surface area contributed by atoms with E-state index in [4.69, 9.17) is 9.47 Å². The first kappa shape index (κ1) is 13.3. The highest BCUT2D eigenvalue weighted by molar-refractivity contribution is 5.73. The number of phenolic OH excluding ortho intramolecular Hbond substituents is 1. The second-order valence-electron chi connectivity index (χ2n) is 4.55. The summed E-state index contributed by atoms with van der Waals surface area (Å²) in [5, 5.41) is 9.93. The largest absolute Gasteiger partial charge is 0.502 e. The SMILES string of the molecule is COc1cc(-c2cc(C)ccc2C)cc(OC)c1O. The van der Waals surface area contributed by atoms with Crippen LogP contribution in [0.25, 0.3) is 11.1 Å². The summed E-state index contributed by atoms with van der Waals surface area (Å²) in [5.74, 6) is 0.851. The summed E-state index contributed by atoms with van der Waals surface area (Å²) in [6.45, 7) is 4.11. The highest BCUT2D eigenvalue weighted by atomic mass is 16.5. The molecule has 0 saturated carbocycles. The molecule has 2 aromatic rings. The van der Waals surface area contributed by atoms with Gasteiger partial charge >= 0.3 is 0 Å². The molecule has 0 bridgehead atoms. The first-order valence-corrected chi connectivity index (χ1v) is 6.09. The number of phenols is 1. The molecule has 0 amide bonds. The summed E-state index contributed by atoms with van der Waals surface area (Å²) in [4.78, 5) is 0. The van der Waals surface area contributed by atoms with Crippen LogP contribution in [-0.2, 0) is 0 Å². The summed E-state index contributed by atoms with van der Waals surface area (Å²) < 4.78 is 10.4. The monoisotopic (exact) mass is 258 g/mol. The second-order valence-corrected chi connectivity index (χ2v) is 4.55. The molecule has 0 heterocycles. The fourth-order valence-electron chi connectivity index (χ4n) is 2.10. The number of aromatic hydroxyl groups is 1. The van der Waals surface area contributed by atoms with Gasteiger partial charge in [-0.25, -0.2) is 0 Å². The molecule has 1 N–H and O–H groups in total. The van der Waals surface area contributed by atoms with Crippen LogP contribution in [0, 0.1) is 13.8 Å². The third kappa shape index (κ3) is 2.50. The molecule has 0 aliphatic rings. The standard InChI is InChI=1S/C16H18O3/c1-10-5-6-11(2)13(7-10)12-8-14(18-3)16(17)15(9-12)19-4/h5-9,17H,1-4H3. The maximum Gasteiger partial charge on any atom is 0.200 e. The predicted molar refractivity (Wildman–Crippen MR) is 76.1 cm³/mol. The molecule has 0 radical (unpaired) electrons. The minimum Gasteiger partial charge on any atom is -0.502 e. The van der Waals surface area contributed by atoms with E-state index < -0.39 is 0 Å². The Hall–Kier alpha value is -2.16. The maximum absolute atomic E-state index is 9.93. The van der Waals surface area contributed by atoms with Gasteiger partial charge in [-0.1, -0.05) is 23.8 Å². The van der Waals surface area contributed by atoms with Crippen molar-refractivity contribution in [3.8, 4) is 28.4 Å². The third-order valence-electron chi connectivity index (χ3n) is 3.18. The zero-order chi connectivity index (χ0) is 14.0. The van der Waals surface area contributed by atoms with Crippen LogP contribution in [0.5, 0.6) is 17.2 Å². The molecule has 0 atom stereocenters. The normalized spacial score (nSPS) is 10.3. The van der Waals surface area contributed by atoms with Crippen LogP contribution in [0.4, 0.5) is 0 Å².